The van der Waals surface area contributed by atoms with Gasteiger partial charge < -0.3 is 10.1 Å². The number of methoxy groups -OCH3 is 1. The molecule has 0 heterocycles. The Balaban J connectivity index is 2.30. The van der Waals surface area contributed by atoms with E-state index in [1.165, 1.54) is 11.6 Å². The van der Waals surface area contributed by atoms with Crippen LogP contribution in [0.1, 0.15) is 22.7 Å². The first-order chi connectivity index (χ1) is 10.0. The smallest absolute Gasteiger partial charge is 0.137 e. The molecular formula is C17H19BrFNO. The van der Waals surface area contributed by atoms with Crippen LogP contribution in [-0.4, -0.2) is 14.2 Å². The van der Waals surface area contributed by atoms with Gasteiger partial charge in [-0.05, 0) is 65.6 Å². The fourth-order valence-corrected chi connectivity index (χ4v) is 2.80. The summed E-state index contributed by atoms with van der Waals surface area (Å²) >= 11 is 3.24. The summed E-state index contributed by atoms with van der Waals surface area (Å²) in [6.45, 7) is 2.06. The second-order valence-corrected chi connectivity index (χ2v) is 5.89. The Morgan fingerprint density at radius 3 is 2.62 bits per heavy atom. The number of ether oxygens (including phenoxy) is 1. The predicted molar refractivity (Wildman–Crippen MR) is 87.3 cm³/mol. The molecule has 0 amide bonds. The fraction of sp³-hybridized carbons (Fsp3) is 0.294. The maximum atomic E-state index is 13.4. The minimum Gasteiger partial charge on any atom is -0.496 e. The van der Waals surface area contributed by atoms with Crippen LogP contribution >= 0.6 is 15.9 Å². The van der Waals surface area contributed by atoms with Crippen molar-refractivity contribution in [2.45, 2.75) is 19.4 Å². The predicted octanol–water partition coefficient (Wildman–Crippen LogP) is 4.41. The summed E-state index contributed by atoms with van der Waals surface area (Å²) in [7, 11) is 3.58. The van der Waals surface area contributed by atoms with E-state index in [0.29, 0.717) is 4.47 Å². The second-order valence-electron chi connectivity index (χ2n) is 5.03. The van der Waals surface area contributed by atoms with Gasteiger partial charge in [-0.25, -0.2) is 4.39 Å². The number of hydrogen-bond donors (Lipinski definition) is 1. The van der Waals surface area contributed by atoms with Crippen molar-refractivity contribution in [3.63, 3.8) is 0 Å². The van der Waals surface area contributed by atoms with E-state index < -0.39 is 0 Å². The molecule has 0 radical (unpaired) electrons. The van der Waals surface area contributed by atoms with E-state index in [9.17, 15) is 4.39 Å². The largest absolute Gasteiger partial charge is 0.496 e. The molecule has 2 rings (SSSR count). The molecule has 2 nitrogen and oxygen atoms in total. The average molecular weight is 352 g/mol. The van der Waals surface area contributed by atoms with Crippen LogP contribution in [0.15, 0.2) is 40.9 Å². The third-order valence-electron chi connectivity index (χ3n) is 3.55. The standard InChI is InChI=1S/C17H19BrFNO/c1-11-4-7-17(21-3)13(8-11)10-16(20-2)12-5-6-15(19)14(18)9-12/h4-9,16,20H,10H2,1-3H3. The lowest BCUT2D eigenvalue weighted by molar-refractivity contribution is 0.406. The summed E-state index contributed by atoms with van der Waals surface area (Å²) in [5.41, 5.74) is 3.37. The molecule has 0 aliphatic heterocycles. The lowest BCUT2D eigenvalue weighted by atomic mass is 9.97. The fourth-order valence-electron chi connectivity index (χ4n) is 2.40. The van der Waals surface area contributed by atoms with Crippen LogP contribution in [0.2, 0.25) is 0 Å². The molecule has 0 saturated carbocycles. The van der Waals surface area contributed by atoms with Crippen LogP contribution in [0.5, 0.6) is 5.75 Å². The highest BCUT2D eigenvalue weighted by molar-refractivity contribution is 9.10. The quantitative estimate of drug-likeness (QED) is 0.861. The van der Waals surface area contributed by atoms with Crippen molar-refractivity contribution >= 4 is 15.9 Å². The van der Waals surface area contributed by atoms with Gasteiger partial charge in [0.2, 0.25) is 0 Å². The summed E-state index contributed by atoms with van der Waals surface area (Å²) < 4.78 is 19.3. The van der Waals surface area contributed by atoms with Crippen LogP contribution in [0.3, 0.4) is 0 Å². The Kier molecular flexibility index (Phi) is 5.37. The minimum absolute atomic E-state index is 0.0950. The Bertz CT molecular complexity index is 630. The van der Waals surface area contributed by atoms with Crippen LogP contribution in [0.25, 0.3) is 0 Å². The first-order valence-electron chi connectivity index (χ1n) is 6.81. The number of hydrogen-bond acceptors (Lipinski definition) is 2. The number of halogens is 2. The maximum Gasteiger partial charge on any atom is 0.137 e. The molecule has 0 aliphatic rings. The molecule has 2 aromatic rings. The molecule has 0 aliphatic carbocycles. The Morgan fingerprint density at radius 2 is 2.00 bits per heavy atom. The maximum absolute atomic E-state index is 13.4. The first kappa shape index (κ1) is 16.0. The van der Waals surface area contributed by atoms with Crippen molar-refractivity contribution < 1.29 is 9.13 Å². The number of likely N-dealkylation sites (N-methyl/N-ethyl adjacent to an activating group) is 1. The van der Waals surface area contributed by atoms with Crippen molar-refractivity contribution in [2.75, 3.05) is 14.2 Å². The Labute approximate surface area is 133 Å². The highest BCUT2D eigenvalue weighted by Gasteiger charge is 2.14. The van der Waals surface area contributed by atoms with Crippen molar-refractivity contribution in [1.29, 1.82) is 0 Å². The zero-order chi connectivity index (χ0) is 15.4. The van der Waals surface area contributed by atoms with Gasteiger partial charge in [0.05, 0.1) is 11.6 Å². The molecule has 0 saturated heterocycles. The topological polar surface area (TPSA) is 21.3 Å². The molecule has 0 aromatic heterocycles. The number of nitrogens with one attached hydrogen (secondary N) is 1. The summed E-state index contributed by atoms with van der Waals surface area (Å²) in [6.07, 6.45) is 0.777. The lowest BCUT2D eigenvalue weighted by Crippen LogP contribution is -2.19. The summed E-state index contributed by atoms with van der Waals surface area (Å²) in [6, 6.07) is 11.3. The normalized spacial score (nSPS) is 12.2. The van der Waals surface area contributed by atoms with Gasteiger partial charge in [0.25, 0.3) is 0 Å². The van der Waals surface area contributed by atoms with Crippen LogP contribution in [0.4, 0.5) is 4.39 Å². The van der Waals surface area contributed by atoms with Crippen molar-refractivity contribution in [3.8, 4) is 5.75 Å². The molecule has 2 aromatic carbocycles. The van der Waals surface area contributed by atoms with Crippen molar-refractivity contribution in [3.05, 3.63) is 63.4 Å². The van der Waals surface area contributed by atoms with Gasteiger partial charge in [-0.2, -0.15) is 0 Å². The van der Waals surface area contributed by atoms with Crippen molar-refractivity contribution in [2.24, 2.45) is 0 Å². The Hall–Kier alpha value is -1.39. The molecule has 112 valence electrons. The molecule has 4 heteroatoms. The van der Waals surface area contributed by atoms with E-state index in [4.69, 9.17) is 4.74 Å². The zero-order valence-corrected chi connectivity index (χ0v) is 14.0. The highest BCUT2D eigenvalue weighted by Crippen LogP contribution is 2.28. The van der Waals surface area contributed by atoms with E-state index in [1.54, 1.807) is 7.11 Å². The van der Waals surface area contributed by atoms with Crippen LogP contribution in [0, 0.1) is 12.7 Å². The molecule has 21 heavy (non-hydrogen) atoms. The van der Waals surface area contributed by atoms with E-state index >= 15 is 0 Å². The van der Waals surface area contributed by atoms with Gasteiger partial charge in [-0.3, -0.25) is 0 Å². The summed E-state index contributed by atoms with van der Waals surface area (Å²) in [4.78, 5) is 0. The van der Waals surface area contributed by atoms with Crippen LogP contribution in [-0.2, 0) is 6.42 Å². The van der Waals surface area contributed by atoms with Gasteiger partial charge in [0, 0.05) is 6.04 Å². The number of benzene rings is 2. The Morgan fingerprint density at radius 1 is 1.24 bits per heavy atom. The monoisotopic (exact) mass is 351 g/mol. The van der Waals surface area contributed by atoms with Gasteiger partial charge >= 0.3 is 0 Å². The van der Waals surface area contributed by atoms with Crippen LogP contribution < -0.4 is 10.1 Å². The van der Waals surface area contributed by atoms with Crippen molar-refractivity contribution in [1.82, 2.24) is 5.32 Å². The van der Waals surface area contributed by atoms with Gasteiger partial charge in [0.1, 0.15) is 11.6 Å². The van der Waals surface area contributed by atoms with E-state index in [2.05, 4.69) is 34.2 Å². The first-order valence-corrected chi connectivity index (χ1v) is 7.60. The van der Waals surface area contributed by atoms with E-state index in [1.807, 2.05) is 31.3 Å². The molecule has 0 fully saturated rings. The van der Waals surface area contributed by atoms with Gasteiger partial charge in [-0.1, -0.05) is 23.8 Å². The minimum atomic E-state index is -0.248. The van der Waals surface area contributed by atoms with E-state index in [-0.39, 0.29) is 11.9 Å². The molecule has 0 spiro atoms. The molecule has 1 atom stereocenters. The van der Waals surface area contributed by atoms with Gasteiger partial charge in [-0.15, -0.1) is 0 Å². The second kappa shape index (κ2) is 7.05. The number of aryl methyl sites for hydroxylation is 1. The zero-order valence-electron chi connectivity index (χ0n) is 12.4. The molecular weight excluding hydrogens is 333 g/mol. The third-order valence-corrected chi connectivity index (χ3v) is 4.16. The van der Waals surface area contributed by atoms with Gasteiger partial charge in [0.15, 0.2) is 0 Å². The average Bonchev–Trinajstić information content (AvgIpc) is 2.48. The molecule has 1 unspecified atom stereocenters. The summed E-state index contributed by atoms with van der Waals surface area (Å²) in [5.74, 6) is 0.628. The molecule has 0 bridgehead atoms. The SMILES string of the molecule is CNC(Cc1cc(C)ccc1OC)c1ccc(F)c(Br)c1. The third kappa shape index (κ3) is 3.83. The lowest BCUT2D eigenvalue weighted by Gasteiger charge is -2.19. The van der Waals surface area contributed by atoms with E-state index in [0.717, 1.165) is 23.3 Å². The highest BCUT2D eigenvalue weighted by atomic mass is 79.9. The number of rotatable bonds is 5. The summed E-state index contributed by atoms with van der Waals surface area (Å²) in [5, 5.41) is 3.29. The molecule has 1 N–H and O–H groups in total.